The second kappa shape index (κ2) is 7.90. The number of carbonyl (C=O) groups is 2. The average molecular weight is 379 g/mol. The van der Waals surface area contributed by atoms with Gasteiger partial charge in [0.15, 0.2) is 16.8 Å². The Morgan fingerprint density at radius 3 is 2.62 bits per heavy atom. The predicted octanol–water partition coefficient (Wildman–Crippen LogP) is 3.72. The first-order valence-electron chi connectivity index (χ1n) is 8.43. The van der Waals surface area contributed by atoms with Gasteiger partial charge in [0.1, 0.15) is 6.04 Å². The number of thiazole rings is 1. The minimum absolute atomic E-state index is 0.115. The summed E-state index contributed by atoms with van der Waals surface area (Å²) < 4.78 is 26.4. The molecule has 138 valence electrons. The fourth-order valence-corrected chi connectivity index (χ4v) is 3.93. The maximum absolute atomic E-state index is 13.4. The molecule has 1 aromatic heterocycles. The van der Waals surface area contributed by atoms with Crippen molar-refractivity contribution in [2.45, 2.75) is 38.6 Å². The van der Waals surface area contributed by atoms with Crippen molar-refractivity contribution in [3.05, 3.63) is 35.2 Å². The molecule has 1 aliphatic carbocycles. The highest BCUT2D eigenvalue weighted by Gasteiger charge is 2.31. The van der Waals surface area contributed by atoms with Crippen LogP contribution in [-0.2, 0) is 9.59 Å². The van der Waals surface area contributed by atoms with E-state index in [-0.39, 0.29) is 17.7 Å². The van der Waals surface area contributed by atoms with E-state index in [4.69, 9.17) is 0 Å². The number of hydrogen-bond acceptors (Lipinski definition) is 4. The molecule has 5 nitrogen and oxygen atoms in total. The third-order valence-electron chi connectivity index (χ3n) is 4.46. The van der Waals surface area contributed by atoms with Crippen LogP contribution in [0.2, 0.25) is 0 Å². The fraction of sp³-hybridized carbons (Fsp3) is 0.389. The zero-order chi connectivity index (χ0) is 18.7. The zero-order valence-electron chi connectivity index (χ0n) is 14.2. The molecule has 2 aromatic rings. The van der Waals surface area contributed by atoms with Crippen LogP contribution in [-0.4, -0.2) is 22.8 Å². The second-order valence-corrected chi connectivity index (χ2v) is 7.24. The number of rotatable bonds is 5. The van der Waals surface area contributed by atoms with Crippen LogP contribution in [0, 0.1) is 17.6 Å². The lowest BCUT2D eigenvalue weighted by molar-refractivity contribution is -0.126. The first kappa shape index (κ1) is 18.4. The molecule has 0 radical (unpaired) electrons. The maximum Gasteiger partial charge on any atom is 0.249 e. The summed E-state index contributed by atoms with van der Waals surface area (Å²) >= 11 is 1.19. The molecule has 1 atom stereocenters. The van der Waals surface area contributed by atoms with Gasteiger partial charge in [-0.2, -0.15) is 0 Å². The zero-order valence-corrected chi connectivity index (χ0v) is 15.0. The van der Waals surface area contributed by atoms with Crippen molar-refractivity contribution in [1.29, 1.82) is 0 Å². The van der Waals surface area contributed by atoms with E-state index >= 15 is 0 Å². The van der Waals surface area contributed by atoms with Crippen molar-refractivity contribution in [3.63, 3.8) is 0 Å². The molecule has 1 aliphatic rings. The third kappa shape index (κ3) is 4.24. The van der Waals surface area contributed by atoms with Crippen molar-refractivity contribution in [1.82, 2.24) is 10.3 Å². The molecular formula is C18H19F2N3O2S. The molecule has 2 amide bonds. The minimum Gasteiger partial charge on any atom is -0.344 e. The average Bonchev–Trinajstić information content (AvgIpc) is 3.27. The van der Waals surface area contributed by atoms with E-state index in [1.807, 2.05) is 0 Å². The molecule has 3 rings (SSSR count). The summed E-state index contributed by atoms with van der Waals surface area (Å²) in [6.07, 6.45) is 3.89. The number of benzene rings is 1. The number of hydrogen-bond donors (Lipinski definition) is 2. The largest absolute Gasteiger partial charge is 0.344 e. The van der Waals surface area contributed by atoms with E-state index in [1.54, 1.807) is 5.38 Å². The highest BCUT2D eigenvalue weighted by Crippen LogP contribution is 2.30. The van der Waals surface area contributed by atoms with Crippen LogP contribution in [0.3, 0.4) is 0 Å². The molecule has 1 fully saturated rings. The van der Waals surface area contributed by atoms with Crippen LogP contribution in [0.15, 0.2) is 23.6 Å². The Kier molecular flexibility index (Phi) is 5.61. The Morgan fingerprint density at radius 1 is 1.23 bits per heavy atom. The SMILES string of the molecule is CC(=O)N[C@@H](C(=O)Nc1nc(-c2ccc(F)c(F)c2)cs1)C1CCCC1. The summed E-state index contributed by atoms with van der Waals surface area (Å²) in [4.78, 5) is 28.3. The summed E-state index contributed by atoms with van der Waals surface area (Å²) in [5, 5.41) is 7.46. The molecular weight excluding hydrogens is 360 g/mol. The van der Waals surface area contributed by atoms with E-state index < -0.39 is 17.7 Å². The first-order valence-corrected chi connectivity index (χ1v) is 9.31. The van der Waals surface area contributed by atoms with Crippen LogP contribution in [0.1, 0.15) is 32.6 Å². The maximum atomic E-state index is 13.4. The molecule has 0 saturated heterocycles. The van der Waals surface area contributed by atoms with Crippen molar-refractivity contribution in [3.8, 4) is 11.3 Å². The topological polar surface area (TPSA) is 71.1 Å². The first-order chi connectivity index (χ1) is 12.4. The molecule has 0 spiro atoms. The van der Waals surface area contributed by atoms with Crippen molar-refractivity contribution in [2.75, 3.05) is 5.32 Å². The number of halogens is 2. The number of nitrogens with one attached hydrogen (secondary N) is 2. The molecule has 26 heavy (non-hydrogen) atoms. The van der Waals surface area contributed by atoms with Gasteiger partial charge < -0.3 is 10.6 Å². The van der Waals surface area contributed by atoms with Crippen LogP contribution >= 0.6 is 11.3 Å². The van der Waals surface area contributed by atoms with Gasteiger partial charge in [-0.15, -0.1) is 11.3 Å². The fourth-order valence-electron chi connectivity index (χ4n) is 3.21. The lowest BCUT2D eigenvalue weighted by Crippen LogP contribution is -2.47. The summed E-state index contributed by atoms with van der Waals surface area (Å²) in [5.74, 6) is -2.32. The summed E-state index contributed by atoms with van der Waals surface area (Å²) in [7, 11) is 0. The molecule has 1 heterocycles. The summed E-state index contributed by atoms with van der Waals surface area (Å²) in [6.45, 7) is 1.39. The molecule has 1 saturated carbocycles. The van der Waals surface area contributed by atoms with E-state index in [1.165, 1.54) is 24.3 Å². The molecule has 8 heteroatoms. The number of nitrogens with zero attached hydrogens (tertiary/aromatic N) is 1. The monoisotopic (exact) mass is 379 g/mol. The molecule has 0 aliphatic heterocycles. The molecule has 2 N–H and O–H groups in total. The predicted molar refractivity (Wildman–Crippen MR) is 95.7 cm³/mol. The Hall–Kier alpha value is -2.35. The standard InChI is InChI=1S/C18H19F2N3O2S/c1-10(24)21-16(11-4-2-3-5-11)17(25)23-18-22-15(9-26-18)12-6-7-13(19)14(20)8-12/h6-9,11,16H,2-5H2,1H3,(H,21,24)(H,22,23,25)/t16-/m1/s1. The Morgan fingerprint density at radius 2 is 1.96 bits per heavy atom. The van der Waals surface area contributed by atoms with Gasteiger partial charge in [-0.1, -0.05) is 12.8 Å². The van der Waals surface area contributed by atoms with Gasteiger partial charge in [0.25, 0.3) is 0 Å². The summed E-state index contributed by atoms with van der Waals surface area (Å²) in [6, 6.07) is 2.94. The molecule has 1 aromatic carbocycles. The molecule has 0 unspecified atom stereocenters. The van der Waals surface area contributed by atoms with E-state index in [0.717, 1.165) is 37.8 Å². The Bertz CT molecular complexity index is 819. The minimum atomic E-state index is -0.951. The number of anilines is 1. The number of carbonyl (C=O) groups excluding carboxylic acids is 2. The number of amides is 2. The van der Waals surface area contributed by atoms with Crippen molar-refractivity contribution in [2.24, 2.45) is 5.92 Å². The smallest absolute Gasteiger partial charge is 0.249 e. The normalized spacial score (nSPS) is 15.7. The highest BCUT2D eigenvalue weighted by molar-refractivity contribution is 7.14. The quantitative estimate of drug-likeness (QED) is 0.832. The lowest BCUT2D eigenvalue weighted by atomic mass is 9.97. The van der Waals surface area contributed by atoms with Gasteiger partial charge in [-0.25, -0.2) is 13.8 Å². The van der Waals surface area contributed by atoms with Crippen LogP contribution in [0.4, 0.5) is 13.9 Å². The lowest BCUT2D eigenvalue weighted by Gasteiger charge is -2.22. The van der Waals surface area contributed by atoms with Crippen LogP contribution in [0.25, 0.3) is 11.3 Å². The van der Waals surface area contributed by atoms with Crippen LogP contribution in [0.5, 0.6) is 0 Å². The van der Waals surface area contributed by atoms with Crippen LogP contribution < -0.4 is 10.6 Å². The molecule has 0 bridgehead atoms. The van der Waals surface area contributed by atoms with Gasteiger partial charge in [0.05, 0.1) is 5.69 Å². The highest BCUT2D eigenvalue weighted by atomic mass is 32.1. The van der Waals surface area contributed by atoms with Gasteiger partial charge >= 0.3 is 0 Å². The Balaban J connectivity index is 1.73. The Labute approximate surface area is 153 Å². The van der Waals surface area contributed by atoms with Gasteiger partial charge in [0, 0.05) is 17.9 Å². The third-order valence-corrected chi connectivity index (χ3v) is 5.22. The van der Waals surface area contributed by atoms with Crippen molar-refractivity contribution < 1.29 is 18.4 Å². The van der Waals surface area contributed by atoms with Gasteiger partial charge in [-0.3, -0.25) is 9.59 Å². The van der Waals surface area contributed by atoms with Gasteiger partial charge in [0.2, 0.25) is 11.8 Å². The van der Waals surface area contributed by atoms with Crippen molar-refractivity contribution >= 4 is 28.3 Å². The van der Waals surface area contributed by atoms with E-state index in [2.05, 4.69) is 15.6 Å². The van der Waals surface area contributed by atoms with E-state index in [9.17, 15) is 18.4 Å². The van der Waals surface area contributed by atoms with Gasteiger partial charge in [-0.05, 0) is 37.0 Å². The van der Waals surface area contributed by atoms with E-state index in [0.29, 0.717) is 16.4 Å². The summed E-state index contributed by atoms with van der Waals surface area (Å²) in [5.41, 5.74) is 0.871. The number of aromatic nitrogens is 1. The second-order valence-electron chi connectivity index (χ2n) is 6.38.